The van der Waals surface area contributed by atoms with E-state index in [0.29, 0.717) is 5.54 Å². The Morgan fingerprint density at radius 3 is 2.65 bits per heavy atom. The monoisotopic (exact) mass is 272 g/mol. The van der Waals surface area contributed by atoms with Gasteiger partial charge in [-0.2, -0.15) is 0 Å². The van der Waals surface area contributed by atoms with Crippen molar-refractivity contribution in [1.82, 2.24) is 14.5 Å². The minimum Gasteiger partial charge on any atom is -0.399 e. The fourth-order valence-electron chi connectivity index (χ4n) is 3.27. The Hall–Kier alpha value is -1.55. The number of hydrogen-bond donors (Lipinski definition) is 1. The van der Waals surface area contributed by atoms with E-state index < -0.39 is 0 Å². The van der Waals surface area contributed by atoms with Crippen LogP contribution in [0.15, 0.2) is 18.2 Å². The van der Waals surface area contributed by atoms with Gasteiger partial charge in [-0.25, -0.2) is 4.98 Å². The van der Waals surface area contributed by atoms with E-state index in [1.807, 2.05) is 12.1 Å². The molecule has 0 radical (unpaired) electrons. The molecule has 0 amide bonds. The van der Waals surface area contributed by atoms with Crippen LogP contribution in [0.1, 0.15) is 32.0 Å². The van der Waals surface area contributed by atoms with E-state index in [9.17, 15) is 0 Å². The van der Waals surface area contributed by atoms with Crippen molar-refractivity contribution < 1.29 is 0 Å². The van der Waals surface area contributed by atoms with Crippen LogP contribution in [-0.2, 0) is 13.0 Å². The first-order valence-electron chi connectivity index (χ1n) is 7.48. The number of rotatable bonds is 4. The van der Waals surface area contributed by atoms with Gasteiger partial charge >= 0.3 is 0 Å². The molecule has 1 aromatic carbocycles. The van der Waals surface area contributed by atoms with Crippen molar-refractivity contribution in [2.75, 3.05) is 19.8 Å². The topological polar surface area (TPSA) is 47.1 Å². The van der Waals surface area contributed by atoms with E-state index in [-0.39, 0.29) is 0 Å². The van der Waals surface area contributed by atoms with Crippen LogP contribution in [0, 0.1) is 0 Å². The van der Waals surface area contributed by atoms with Gasteiger partial charge in [0.2, 0.25) is 0 Å². The molecule has 1 aliphatic carbocycles. The smallest absolute Gasteiger partial charge is 0.109 e. The molecular formula is C16H24N4. The van der Waals surface area contributed by atoms with E-state index in [2.05, 4.69) is 36.6 Å². The molecule has 1 aliphatic rings. The maximum atomic E-state index is 5.88. The first-order chi connectivity index (χ1) is 9.55. The van der Waals surface area contributed by atoms with Gasteiger partial charge in [-0.15, -0.1) is 0 Å². The van der Waals surface area contributed by atoms with Crippen LogP contribution in [0.5, 0.6) is 0 Å². The van der Waals surface area contributed by atoms with Crippen LogP contribution in [0.4, 0.5) is 5.69 Å². The Morgan fingerprint density at radius 2 is 2.10 bits per heavy atom. The fraction of sp³-hybridized carbons (Fsp3) is 0.562. The number of nitrogen functional groups attached to an aromatic ring is 1. The Kier molecular flexibility index (Phi) is 3.21. The zero-order chi connectivity index (χ0) is 14.3. The predicted octanol–water partition coefficient (Wildman–Crippen LogP) is 2.67. The number of fused-ring (bicyclic) bond motifs is 1. The number of aromatic nitrogens is 2. The normalized spacial score (nSPS) is 17.6. The lowest BCUT2D eigenvalue weighted by molar-refractivity contribution is 0.0428. The van der Waals surface area contributed by atoms with Crippen molar-refractivity contribution in [1.29, 1.82) is 0 Å². The summed E-state index contributed by atoms with van der Waals surface area (Å²) in [5.41, 5.74) is 9.21. The number of nitrogens with zero attached hydrogens (tertiary/aromatic N) is 3. The second kappa shape index (κ2) is 4.77. The van der Waals surface area contributed by atoms with Crippen LogP contribution in [0.2, 0.25) is 0 Å². The third-order valence-corrected chi connectivity index (χ3v) is 4.85. The number of imidazole rings is 1. The first-order valence-corrected chi connectivity index (χ1v) is 7.48. The highest BCUT2D eigenvalue weighted by molar-refractivity contribution is 5.79. The van der Waals surface area contributed by atoms with Crippen LogP contribution >= 0.6 is 0 Å². The number of nitrogens with two attached hydrogens (primary N) is 1. The summed E-state index contributed by atoms with van der Waals surface area (Å²) in [5, 5.41) is 0. The second-order valence-electron chi connectivity index (χ2n) is 6.19. The first kappa shape index (κ1) is 13.4. The van der Waals surface area contributed by atoms with Gasteiger partial charge in [-0.3, -0.25) is 0 Å². The molecule has 4 nitrogen and oxygen atoms in total. The Bertz CT molecular complexity index is 623. The zero-order valence-electron chi connectivity index (χ0n) is 12.7. The lowest BCUT2D eigenvalue weighted by Gasteiger charge is -2.47. The molecule has 0 spiro atoms. The molecule has 0 aliphatic heterocycles. The van der Waals surface area contributed by atoms with Crippen molar-refractivity contribution in [2.24, 2.45) is 0 Å². The average Bonchev–Trinajstić information content (AvgIpc) is 2.69. The van der Waals surface area contributed by atoms with Crippen LogP contribution in [-0.4, -0.2) is 34.1 Å². The minimum absolute atomic E-state index is 0.305. The molecule has 2 aromatic rings. The highest BCUT2D eigenvalue weighted by Gasteiger charge is 2.40. The summed E-state index contributed by atoms with van der Waals surface area (Å²) in [4.78, 5) is 7.15. The van der Waals surface area contributed by atoms with Gasteiger partial charge in [-0.05, 0) is 51.6 Å². The molecule has 1 heterocycles. The summed E-state index contributed by atoms with van der Waals surface area (Å²) in [5.74, 6) is 1.17. The van der Waals surface area contributed by atoms with Crippen molar-refractivity contribution in [3.63, 3.8) is 0 Å². The number of likely N-dealkylation sites (N-methyl/N-ethyl adjacent to an activating group) is 1. The summed E-state index contributed by atoms with van der Waals surface area (Å²) in [6, 6.07) is 6.07. The van der Waals surface area contributed by atoms with E-state index in [1.54, 1.807) is 0 Å². The van der Waals surface area contributed by atoms with Gasteiger partial charge in [0.1, 0.15) is 5.82 Å². The van der Waals surface area contributed by atoms with E-state index in [1.165, 1.54) is 30.6 Å². The quantitative estimate of drug-likeness (QED) is 0.870. The Morgan fingerprint density at radius 1 is 1.35 bits per heavy atom. The molecule has 0 saturated heterocycles. The number of benzene rings is 1. The highest BCUT2D eigenvalue weighted by Crippen LogP contribution is 2.38. The van der Waals surface area contributed by atoms with E-state index >= 15 is 0 Å². The highest BCUT2D eigenvalue weighted by atomic mass is 15.2. The van der Waals surface area contributed by atoms with Crippen LogP contribution < -0.4 is 5.73 Å². The van der Waals surface area contributed by atoms with E-state index in [0.717, 1.165) is 24.2 Å². The molecular weight excluding hydrogens is 248 g/mol. The summed E-state index contributed by atoms with van der Waals surface area (Å²) >= 11 is 0. The average molecular weight is 272 g/mol. The van der Waals surface area contributed by atoms with Gasteiger partial charge < -0.3 is 15.2 Å². The van der Waals surface area contributed by atoms with Gasteiger partial charge in [0.15, 0.2) is 0 Å². The molecule has 0 bridgehead atoms. The lowest BCUT2D eigenvalue weighted by Crippen LogP contribution is -2.53. The summed E-state index contributed by atoms with van der Waals surface area (Å²) in [6.45, 7) is 3.20. The number of hydrogen-bond acceptors (Lipinski definition) is 3. The molecule has 1 fully saturated rings. The van der Waals surface area contributed by atoms with Crippen LogP contribution in [0.3, 0.4) is 0 Å². The maximum absolute atomic E-state index is 5.88. The molecule has 4 heteroatoms. The molecule has 1 saturated carbocycles. The van der Waals surface area contributed by atoms with E-state index in [4.69, 9.17) is 10.7 Å². The summed E-state index contributed by atoms with van der Waals surface area (Å²) in [6.07, 6.45) is 4.84. The van der Waals surface area contributed by atoms with Gasteiger partial charge in [0.25, 0.3) is 0 Å². The van der Waals surface area contributed by atoms with Gasteiger partial charge in [0.05, 0.1) is 11.0 Å². The standard InChI is InChI=1S/C16H24N4/c1-4-15-18-13-10-12(17)6-7-14(13)20(15)11-16(19(2)3)8-5-9-16/h6-7,10H,4-5,8-9,11,17H2,1-3H3. The SMILES string of the molecule is CCc1nc2cc(N)ccc2n1CC1(N(C)C)CCC1. The Labute approximate surface area is 120 Å². The summed E-state index contributed by atoms with van der Waals surface area (Å²) in [7, 11) is 4.39. The molecule has 2 N–H and O–H groups in total. The second-order valence-corrected chi connectivity index (χ2v) is 6.19. The Balaban J connectivity index is 2.05. The van der Waals surface area contributed by atoms with Crippen molar-refractivity contribution in [3.05, 3.63) is 24.0 Å². The molecule has 0 unspecified atom stereocenters. The van der Waals surface area contributed by atoms with Gasteiger partial charge in [0, 0.05) is 24.2 Å². The fourth-order valence-corrected chi connectivity index (χ4v) is 3.27. The third kappa shape index (κ3) is 1.99. The largest absolute Gasteiger partial charge is 0.399 e. The molecule has 20 heavy (non-hydrogen) atoms. The molecule has 3 rings (SSSR count). The minimum atomic E-state index is 0.305. The molecule has 108 valence electrons. The summed E-state index contributed by atoms with van der Waals surface area (Å²) < 4.78 is 2.40. The van der Waals surface area contributed by atoms with Crippen LogP contribution in [0.25, 0.3) is 11.0 Å². The molecule has 1 aromatic heterocycles. The number of anilines is 1. The third-order valence-electron chi connectivity index (χ3n) is 4.85. The molecule has 0 atom stereocenters. The number of aryl methyl sites for hydroxylation is 1. The van der Waals surface area contributed by atoms with Gasteiger partial charge in [-0.1, -0.05) is 6.92 Å². The van der Waals surface area contributed by atoms with Crippen molar-refractivity contribution in [3.8, 4) is 0 Å². The lowest BCUT2D eigenvalue weighted by atomic mass is 9.75. The van der Waals surface area contributed by atoms with Crippen molar-refractivity contribution in [2.45, 2.75) is 44.7 Å². The maximum Gasteiger partial charge on any atom is 0.109 e. The zero-order valence-corrected chi connectivity index (χ0v) is 12.7. The van der Waals surface area contributed by atoms with Crippen molar-refractivity contribution >= 4 is 16.7 Å². The predicted molar refractivity (Wildman–Crippen MR) is 83.8 cm³/mol.